The van der Waals surface area contributed by atoms with Gasteiger partial charge in [0.15, 0.2) is 11.6 Å². The van der Waals surface area contributed by atoms with E-state index in [1.807, 2.05) is 48.7 Å². The first-order valence-corrected chi connectivity index (χ1v) is 10.6. The van der Waals surface area contributed by atoms with Crippen LogP contribution in [-0.4, -0.2) is 15.9 Å². The van der Waals surface area contributed by atoms with Gasteiger partial charge in [0.25, 0.3) is 0 Å². The van der Waals surface area contributed by atoms with Gasteiger partial charge in [-0.2, -0.15) is 0 Å². The van der Waals surface area contributed by atoms with Gasteiger partial charge in [0.1, 0.15) is 0 Å². The average molecular weight is 437 g/mol. The van der Waals surface area contributed by atoms with Crippen molar-refractivity contribution in [3.63, 3.8) is 0 Å². The number of rotatable bonds is 2. The van der Waals surface area contributed by atoms with E-state index < -0.39 is 11.6 Å². The van der Waals surface area contributed by atoms with Crippen molar-refractivity contribution in [2.75, 3.05) is 4.90 Å². The van der Waals surface area contributed by atoms with Crippen LogP contribution >= 0.6 is 0 Å². The van der Waals surface area contributed by atoms with E-state index >= 15 is 0 Å². The van der Waals surface area contributed by atoms with E-state index in [2.05, 4.69) is 16.0 Å². The van der Waals surface area contributed by atoms with Crippen LogP contribution in [0.15, 0.2) is 79.1 Å². The lowest BCUT2D eigenvalue weighted by Crippen LogP contribution is -2.31. The smallest absolute Gasteiger partial charge is 0.231 e. The van der Waals surface area contributed by atoms with E-state index in [4.69, 9.17) is 0 Å². The fourth-order valence-electron chi connectivity index (χ4n) is 4.45. The van der Waals surface area contributed by atoms with E-state index in [0.717, 1.165) is 45.1 Å². The van der Waals surface area contributed by atoms with Gasteiger partial charge in [0.2, 0.25) is 5.91 Å². The first kappa shape index (κ1) is 19.5. The second kappa shape index (κ2) is 7.45. The molecule has 0 saturated heterocycles. The predicted octanol–water partition coefficient (Wildman–Crippen LogP) is 6.34. The Kier molecular flexibility index (Phi) is 4.40. The summed E-state index contributed by atoms with van der Waals surface area (Å²) in [6, 6.07) is 19.4. The molecule has 160 valence electrons. The van der Waals surface area contributed by atoms with Crippen molar-refractivity contribution in [3.8, 4) is 11.1 Å². The zero-order valence-electron chi connectivity index (χ0n) is 17.4. The molecule has 3 heterocycles. The van der Waals surface area contributed by atoms with Crippen LogP contribution in [-0.2, 0) is 11.2 Å². The molecule has 6 heteroatoms. The summed E-state index contributed by atoms with van der Waals surface area (Å²) < 4.78 is 27.6. The number of hydrogen-bond donors (Lipinski definition) is 0. The van der Waals surface area contributed by atoms with E-state index in [9.17, 15) is 13.6 Å². The summed E-state index contributed by atoms with van der Waals surface area (Å²) in [5, 5.41) is 1.80. The second-order valence-electron chi connectivity index (χ2n) is 8.11. The summed E-state index contributed by atoms with van der Waals surface area (Å²) in [7, 11) is 0. The van der Waals surface area contributed by atoms with Crippen molar-refractivity contribution < 1.29 is 13.6 Å². The van der Waals surface area contributed by atoms with E-state index in [-0.39, 0.29) is 12.3 Å². The lowest BCUT2D eigenvalue weighted by Gasteiger charge is -2.30. The highest BCUT2D eigenvalue weighted by Crippen LogP contribution is 2.40. The van der Waals surface area contributed by atoms with Crippen LogP contribution in [0.1, 0.15) is 12.0 Å². The lowest BCUT2D eigenvalue weighted by molar-refractivity contribution is -0.118. The number of aryl methyl sites for hydroxylation is 1. The molecule has 1 amide bonds. The van der Waals surface area contributed by atoms with Crippen LogP contribution in [0.5, 0.6) is 0 Å². The molecule has 6 rings (SSSR count). The quantitative estimate of drug-likeness (QED) is 0.324. The molecule has 1 aliphatic rings. The number of carbonyl (C=O) groups excluding carboxylic acids is 1. The molecule has 0 spiro atoms. The summed E-state index contributed by atoms with van der Waals surface area (Å²) in [5.74, 6) is -2.11. The minimum Gasteiger partial charge on any atom is -0.280 e. The van der Waals surface area contributed by atoms with Crippen LogP contribution < -0.4 is 4.90 Å². The molecule has 0 aliphatic carbocycles. The van der Waals surface area contributed by atoms with E-state index in [0.29, 0.717) is 23.3 Å². The highest BCUT2D eigenvalue weighted by Gasteiger charge is 2.28. The van der Waals surface area contributed by atoms with Crippen molar-refractivity contribution in [2.24, 2.45) is 0 Å². The largest absolute Gasteiger partial charge is 0.280 e. The highest BCUT2D eigenvalue weighted by atomic mass is 19.2. The molecule has 0 unspecified atom stereocenters. The summed E-state index contributed by atoms with van der Waals surface area (Å²) in [6.07, 6.45) is 4.39. The zero-order valence-corrected chi connectivity index (χ0v) is 17.4. The molecule has 0 saturated carbocycles. The van der Waals surface area contributed by atoms with Crippen molar-refractivity contribution in [1.82, 2.24) is 9.97 Å². The van der Waals surface area contributed by atoms with Crippen molar-refractivity contribution in [1.29, 1.82) is 0 Å². The molecule has 0 atom stereocenters. The number of amides is 1. The normalized spacial score (nSPS) is 13.5. The predicted molar refractivity (Wildman–Crippen MR) is 124 cm³/mol. The highest BCUT2D eigenvalue weighted by molar-refractivity contribution is 6.11. The summed E-state index contributed by atoms with van der Waals surface area (Å²) in [4.78, 5) is 23.6. The molecular weight excluding hydrogens is 420 g/mol. The minimum atomic E-state index is -0.992. The monoisotopic (exact) mass is 437 g/mol. The minimum absolute atomic E-state index is 0.168. The van der Waals surface area contributed by atoms with Crippen molar-refractivity contribution >= 4 is 39.1 Å². The lowest BCUT2D eigenvalue weighted by atomic mass is 9.96. The van der Waals surface area contributed by atoms with Crippen molar-refractivity contribution in [2.45, 2.75) is 12.8 Å². The number of nitrogens with zero attached hydrogens (tertiary/aromatic N) is 3. The molecule has 0 radical (unpaired) electrons. The summed E-state index contributed by atoms with van der Waals surface area (Å²) >= 11 is 0. The standard InChI is InChI=1S/C27H17F2N3O/c28-22-8-7-20(13-23(22)29)32-26(33)10-6-18-14-31-25-9-5-16(12-21(25)27(18)32)19-11-17-3-1-2-4-24(17)30-15-19/h1-5,7-9,11-15H,6,10H2. The first-order chi connectivity index (χ1) is 16.1. The van der Waals surface area contributed by atoms with Crippen LogP contribution in [0.25, 0.3) is 32.9 Å². The first-order valence-electron chi connectivity index (χ1n) is 10.6. The Balaban J connectivity index is 1.57. The van der Waals surface area contributed by atoms with Crippen molar-refractivity contribution in [3.05, 3.63) is 96.3 Å². The van der Waals surface area contributed by atoms with Gasteiger partial charge in [-0.1, -0.05) is 24.3 Å². The number of para-hydroxylation sites is 1. The van der Waals surface area contributed by atoms with Gasteiger partial charge in [0.05, 0.1) is 22.4 Å². The van der Waals surface area contributed by atoms with Gasteiger partial charge < -0.3 is 0 Å². The Morgan fingerprint density at radius 1 is 0.758 bits per heavy atom. The molecule has 3 aromatic carbocycles. The molecule has 0 N–H and O–H groups in total. The van der Waals surface area contributed by atoms with Crippen LogP contribution in [0.4, 0.5) is 20.2 Å². The van der Waals surface area contributed by atoms with Gasteiger partial charge >= 0.3 is 0 Å². The number of halogens is 2. The van der Waals surface area contributed by atoms with Crippen LogP contribution in [0.2, 0.25) is 0 Å². The molecule has 0 fully saturated rings. The number of fused-ring (bicyclic) bond motifs is 4. The maximum absolute atomic E-state index is 14.0. The average Bonchev–Trinajstić information content (AvgIpc) is 2.85. The van der Waals surface area contributed by atoms with Crippen LogP contribution in [0.3, 0.4) is 0 Å². The summed E-state index contributed by atoms with van der Waals surface area (Å²) in [6.45, 7) is 0. The molecule has 2 aromatic heterocycles. The Morgan fingerprint density at radius 3 is 2.48 bits per heavy atom. The third-order valence-corrected chi connectivity index (χ3v) is 6.08. The number of hydrogen-bond acceptors (Lipinski definition) is 3. The van der Waals surface area contributed by atoms with E-state index in [1.54, 1.807) is 6.20 Å². The molecule has 1 aliphatic heterocycles. The SMILES string of the molecule is O=C1CCc2cnc3ccc(-c4cnc5ccccc5c4)cc3c2N1c1ccc(F)c(F)c1. The Labute approximate surface area is 188 Å². The molecule has 5 aromatic rings. The maximum Gasteiger partial charge on any atom is 0.231 e. The van der Waals surface area contributed by atoms with Crippen LogP contribution in [0, 0.1) is 11.6 Å². The topological polar surface area (TPSA) is 46.1 Å². The number of anilines is 2. The van der Waals surface area contributed by atoms with Gasteiger partial charge in [-0.3, -0.25) is 19.7 Å². The van der Waals surface area contributed by atoms with Gasteiger partial charge in [-0.05, 0) is 53.9 Å². The fourth-order valence-corrected chi connectivity index (χ4v) is 4.45. The zero-order chi connectivity index (χ0) is 22.5. The summed E-state index contributed by atoms with van der Waals surface area (Å²) in [5.41, 5.74) is 5.35. The molecule has 0 bridgehead atoms. The van der Waals surface area contributed by atoms with Gasteiger partial charge in [-0.15, -0.1) is 0 Å². The Hall–Kier alpha value is -4.19. The Morgan fingerprint density at radius 2 is 1.61 bits per heavy atom. The fraction of sp³-hybridized carbons (Fsp3) is 0.0741. The number of benzene rings is 3. The maximum atomic E-state index is 14.0. The number of carbonyl (C=O) groups is 1. The third kappa shape index (κ3) is 3.22. The van der Waals surface area contributed by atoms with E-state index in [1.165, 1.54) is 11.0 Å². The molecule has 4 nitrogen and oxygen atoms in total. The van der Waals surface area contributed by atoms with Gasteiger partial charge in [0, 0.05) is 41.2 Å². The molecular formula is C27H17F2N3O. The number of pyridine rings is 2. The second-order valence-corrected chi connectivity index (χ2v) is 8.11. The molecule has 33 heavy (non-hydrogen) atoms. The van der Waals surface area contributed by atoms with Gasteiger partial charge in [-0.25, -0.2) is 8.78 Å². The third-order valence-electron chi connectivity index (χ3n) is 6.08. The Bertz CT molecular complexity index is 1580. The number of aromatic nitrogens is 2.